The van der Waals surface area contributed by atoms with Gasteiger partial charge in [-0.15, -0.1) is 5.10 Å². The van der Waals surface area contributed by atoms with E-state index in [0.29, 0.717) is 17.0 Å². The van der Waals surface area contributed by atoms with Gasteiger partial charge in [0, 0.05) is 31.0 Å². The molecule has 0 aliphatic carbocycles. The molecular weight excluding hydrogens is 468 g/mol. The predicted octanol–water partition coefficient (Wildman–Crippen LogP) is 3.85. The maximum Gasteiger partial charge on any atom is 0.249 e. The molecule has 1 N–H and O–H groups in total. The summed E-state index contributed by atoms with van der Waals surface area (Å²) in [7, 11) is 3.48. The van der Waals surface area contributed by atoms with Gasteiger partial charge in [-0.1, -0.05) is 36.4 Å². The Labute approximate surface area is 217 Å². The van der Waals surface area contributed by atoms with E-state index in [0.717, 1.165) is 17.5 Å². The minimum Gasteiger partial charge on any atom is -0.497 e. The van der Waals surface area contributed by atoms with Gasteiger partial charge < -0.3 is 19.5 Å². The molecule has 2 aromatic heterocycles. The van der Waals surface area contributed by atoms with Crippen LogP contribution < -0.4 is 10.1 Å². The second kappa shape index (κ2) is 10.9. The molecule has 1 atom stereocenters. The molecule has 4 rings (SSSR count). The molecule has 0 fully saturated rings. The number of para-hydroxylation sites is 1. The number of aromatic nitrogens is 4. The molecule has 0 radical (unpaired) electrons. The largest absolute Gasteiger partial charge is 0.497 e. The number of rotatable bonds is 10. The Bertz CT molecular complexity index is 1390. The first-order valence-corrected chi connectivity index (χ1v) is 12.4. The minimum absolute atomic E-state index is 0.0597. The molecule has 1 unspecified atom stereocenters. The molecule has 0 bridgehead atoms. The van der Waals surface area contributed by atoms with Crippen molar-refractivity contribution in [3.05, 3.63) is 78.1 Å². The number of aryl methyl sites for hydroxylation is 1. The van der Waals surface area contributed by atoms with Crippen LogP contribution in [0.1, 0.15) is 44.5 Å². The van der Waals surface area contributed by atoms with Crippen molar-refractivity contribution in [2.45, 2.75) is 51.9 Å². The van der Waals surface area contributed by atoms with Crippen LogP contribution in [-0.2, 0) is 29.7 Å². The third-order valence-corrected chi connectivity index (χ3v) is 6.68. The van der Waals surface area contributed by atoms with Crippen molar-refractivity contribution in [2.24, 2.45) is 7.05 Å². The van der Waals surface area contributed by atoms with E-state index < -0.39 is 11.6 Å². The average molecular weight is 503 g/mol. The highest BCUT2D eigenvalue weighted by Gasteiger charge is 2.35. The number of amides is 2. The summed E-state index contributed by atoms with van der Waals surface area (Å²) in [6.45, 7) is 6.12. The summed E-state index contributed by atoms with van der Waals surface area (Å²) < 4.78 is 8.85. The highest BCUT2D eigenvalue weighted by molar-refractivity contribution is 5.89. The van der Waals surface area contributed by atoms with Crippen LogP contribution in [0, 0.1) is 0 Å². The summed E-state index contributed by atoms with van der Waals surface area (Å²) in [5.74, 6) is 0.182. The number of ether oxygens (including phenoxy) is 1. The number of nitrogens with one attached hydrogen (secondary N) is 1. The van der Waals surface area contributed by atoms with E-state index in [2.05, 4.69) is 15.6 Å². The molecule has 2 amide bonds. The lowest BCUT2D eigenvalue weighted by Gasteiger charge is -2.34. The van der Waals surface area contributed by atoms with Crippen molar-refractivity contribution in [1.29, 1.82) is 0 Å². The van der Waals surface area contributed by atoms with Gasteiger partial charge in [-0.25, -0.2) is 4.68 Å². The fourth-order valence-electron chi connectivity index (χ4n) is 4.23. The van der Waals surface area contributed by atoms with Gasteiger partial charge in [0.05, 0.1) is 12.6 Å². The van der Waals surface area contributed by atoms with Gasteiger partial charge >= 0.3 is 0 Å². The number of fused-ring (bicyclic) bond motifs is 1. The molecule has 0 aliphatic heterocycles. The van der Waals surface area contributed by atoms with Gasteiger partial charge in [0.25, 0.3) is 0 Å². The van der Waals surface area contributed by atoms with Crippen LogP contribution in [0.3, 0.4) is 0 Å². The number of benzene rings is 2. The molecule has 0 aliphatic rings. The quantitative estimate of drug-likeness (QED) is 0.355. The first-order valence-electron chi connectivity index (χ1n) is 12.4. The maximum absolute atomic E-state index is 14.0. The molecule has 9 heteroatoms. The van der Waals surface area contributed by atoms with E-state index in [4.69, 9.17) is 4.74 Å². The van der Waals surface area contributed by atoms with Crippen molar-refractivity contribution in [3.63, 3.8) is 0 Å². The normalized spacial score (nSPS) is 12.4. The van der Waals surface area contributed by atoms with Crippen molar-refractivity contribution >= 4 is 22.8 Å². The SMILES string of the molecule is CCC(C)(C)NC(=O)C(c1cccn1C)N(Cc1cccc(OC)c1)C(=O)Cn1nnc2ccccc21. The van der Waals surface area contributed by atoms with Gasteiger partial charge in [0.2, 0.25) is 11.8 Å². The van der Waals surface area contributed by atoms with Crippen LogP contribution in [0.2, 0.25) is 0 Å². The van der Waals surface area contributed by atoms with Crippen molar-refractivity contribution in [3.8, 4) is 5.75 Å². The number of carbonyl (C=O) groups excluding carboxylic acids is 2. The second-order valence-corrected chi connectivity index (χ2v) is 9.78. The fourth-order valence-corrected chi connectivity index (χ4v) is 4.23. The van der Waals surface area contributed by atoms with E-state index in [1.165, 1.54) is 0 Å². The first-order chi connectivity index (χ1) is 17.7. The highest BCUT2D eigenvalue weighted by Crippen LogP contribution is 2.27. The number of carbonyl (C=O) groups is 2. The maximum atomic E-state index is 14.0. The van der Waals surface area contributed by atoms with Crippen LogP contribution >= 0.6 is 0 Å². The van der Waals surface area contributed by atoms with Crippen molar-refractivity contribution in [1.82, 2.24) is 29.8 Å². The van der Waals surface area contributed by atoms with E-state index >= 15 is 0 Å². The van der Waals surface area contributed by atoms with Crippen molar-refractivity contribution in [2.75, 3.05) is 7.11 Å². The van der Waals surface area contributed by atoms with Crippen LogP contribution in [0.5, 0.6) is 5.75 Å². The summed E-state index contributed by atoms with van der Waals surface area (Å²) >= 11 is 0. The number of nitrogens with zero attached hydrogens (tertiary/aromatic N) is 5. The summed E-state index contributed by atoms with van der Waals surface area (Å²) in [5, 5.41) is 11.5. The second-order valence-electron chi connectivity index (χ2n) is 9.78. The molecule has 4 aromatic rings. The van der Waals surface area contributed by atoms with Crippen molar-refractivity contribution < 1.29 is 14.3 Å². The van der Waals surface area contributed by atoms with E-state index in [1.807, 2.05) is 99.2 Å². The lowest BCUT2D eigenvalue weighted by Crippen LogP contribution is -2.51. The van der Waals surface area contributed by atoms with Crippen LogP contribution in [0.4, 0.5) is 0 Å². The standard InChI is InChI=1S/C28H34N6O3/c1-6-28(2,3)29-27(36)26(24-15-10-16-32(24)4)33(18-20-11-9-12-21(17-20)37-5)25(35)19-34-23-14-8-7-13-22(23)30-31-34/h7-17,26H,6,18-19H2,1-5H3,(H,29,36). The molecule has 194 valence electrons. The minimum atomic E-state index is -0.862. The van der Waals surface area contributed by atoms with Gasteiger partial charge in [-0.05, 0) is 62.2 Å². The Morgan fingerprint density at radius 1 is 1.11 bits per heavy atom. The Morgan fingerprint density at radius 3 is 2.59 bits per heavy atom. The van der Waals surface area contributed by atoms with Gasteiger partial charge in [-0.3, -0.25) is 9.59 Å². The topological polar surface area (TPSA) is 94.3 Å². The summed E-state index contributed by atoms with van der Waals surface area (Å²) in [4.78, 5) is 29.5. The van der Waals surface area contributed by atoms with Crippen LogP contribution in [0.25, 0.3) is 11.0 Å². The summed E-state index contributed by atoms with van der Waals surface area (Å²) in [6.07, 6.45) is 2.62. The summed E-state index contributed by atoms with van der Waals surface area (Å²) in [5.41, 5.74) is 2.58. The van der Waals surface area contributed by atoms with Gasteiger partial charge in [0.15, 0.2) is 6.04 Å². The number of hydrogen-bond acceptors (Lipinski definition) is 5. The number of hydrogen-bond donors (Lipinski definition) is 1. The molecule has 2 heterocycles. The third-order valence-electron chi connectivity index (χ3n) is 6.68. The molecule has 37 heavy (non-hydrogen) atoms. The zero-order chi connectivity index (χ0) is 26.6. The number of methoxy groups -OCH3 is 1. The monoisotopic (exact) mass is 502 g/mol. The molecule has 0 saturated carbocycles. The Balaban J connectivity index is 1.77. The average Bonchev–Trinajstić information content (AvgIpc) is 3.49. The molecule has 0 saturated heterocycles. The van der Waals surface area contributed by atoms with Gasteiger partial charge in [0.1, 0.15) is 17.8 Å². The Kier molecular flexibility index (Phi) is 7.61. The summed E-state index contributed by atoms with van der Waals surface area (Å²) in [6, 6.07) is 17.9. The molecule has 9 nitrogen and oxygen atoms in total. The molecular formula is C28H34N6O3. The fraction of sp³-hybridized carbons (Fsp3) is 0.357. The van der Waals surface area contributed by atoms with Gasteiger partial charge in [-0.2, -0.15) is 0 Å². The Morgan fingerprint density at radius 2 is 1.89 bits per heavy atom. The highest BCUT2D eigenvalue weighted by atomic mass is 16.5. The first kappa shape index (κ1) is 25.9. The van der Waals surface area contributed by atoms with E-state index in [-0.39, 0.29) is 24.9 Å². The lowest BCUT2D eigenvalue weighted by molar-refractivity contribution is -0.143. The van der Waals surface area contributed by atoms with Crippen LogP contribution in [0.15, 0.2) is 66.9 Å². The van der Waals surface area contributed by atoms with E-state index in [9.17, 15) is 9.59 Å². The third kappa shape index (κ3) is 5.82. The zero-order valence-electron chi connectivity index (χ0n) is 22.0. The molecule has 0 spiro atoms. The van der Waals surface area contributed by atoms with E-state index in [1.54, 1.807) is 16.7 Å². The molecule has 2 aromatic carbocycles. The van der Waals surface area contributed by atoms with Crippen LogP contribution in [-0.4, -0.2) is 48.9 Å². The Hall–Kier alpha value is -4.14. The zero-order valence-corrected chi connectivity index (χ0v) is 22.0. The predicted molar refractivity (Wildman–Crippen MR) is 142 cm³/mol. The lowest BCUT2D eigenvalue weighted by atomic mass is 10.00. The smallest absolute Gasteiger partial charge is 0.249 e.